The quantitative estimate of drug-likeness (QED) is 0.518. The second kappa shape index (κ2) is 9.11. The molecule has 8 heteroatoms. The van der Waals surface area contributed by atoms with Crippen LogP contribution in [0.15, 0.2) is 82.6 Å². The molecule has 0 fully saturated rings. The maximum Gasteiger partial charge on any atom is 0.262 e. The molecule has 0 saturated carbocycles. The van der Waals surface area contributed by atoms with Crippen LogP contribution in [-0.2, 0) is 10.0 Å². The molecule has 29 heavy (non-hydrogen) atoms. The highest BCUT2D eigenvalue weighted by Crippen LogP contribution is 2.27. The molecule has 0 aliphatic carbocycles. The lowest BCUT2D eigenvalue weighted by atomic mass is 10.2. The van der Waals surface area contributed by atoms with Crippen LogP contribution in [0.1, 0.15) is 17.3 Å². The number of hydrogen-bond acceptors (Lipinski definition) is 4. The van der Waals surface area contributed by atoms with E-state index in [2.05, 4.69) is 10.0 Å². The normalized spacial score (nSPS) is 11.1. The van der Waals surface area contributed by atoms with Crippen LogP contribution in [0, 0.1) is 5.82 Å². The van der Waals surface area contributed by atoms with Crippen molar-refractivity contribution in [2.75, 3.05) is 15.8 Å². The van der Waals surface area contributed by atoms with E-state index in [1.807, 2.05) is 25.1 Å². The molecule has 150 valence electrons. The van der Waals surface area contributed by atoms with Gasteiger partial charge < -0.3 is 5.32 Å². The van der Waals surface area contributed by atoms with E-state index in [-0.39, 0.29) is 16.1 Å². The number of hydrogen-bond donors (Lipinski definition) is 2. The van der Waals surface area contributed by atoms with Gasteiger partial charge in [0.15, 0.2) is 0 Å². The minimum atomic E-state index is -4.06. The molecule has 0 bridgehead atoms. The molecule has 1 amide bonds. The molecule has 0 aromatic heterocycles. The Labute approximate surface area is 173 Å². The fraction of sp³-hybridized carbons (Fsp3) is 0.0952. The molecule has 0 spiro atoms. The Hall–Kier alpha value is -2.84. The predicted octanol–water partition coefficient (Wildman–Crippen LogP) is 4.99. The smallest absolute Gasteiger partial charge is 0.262 e. The van der Waals surface area contributed by atoms with E-state index in [1.165, 1.54) is 42.5 Å². The van der Waals surface area contributed by atoms with E-state index in [1.54, 1.807) is 17.8 Å². The fourth-order valence-corrected chi connectivity index (χ4v) is 4.47. The summed E-state index contributed by atoms with van der Waals surface area (Å²) in [4.78, 5) is 13.5. The molecular weight excluding hydrogens is 411 g/mol. The summed E-state index contributed by atoms with van der Waals surface area (Å²) in [6.07, 6.45) is 0. The molecule has 0 radical (unpaired) electrons. The number of halogens is 1. The van der Waals surface area contributed by atoms with Crippen LogP contribution >= 0.6 is 11.8 Å². The Morgan fingerprint density at radius 1 is 0.966 bits per heavy atom. The topological polar surface area (TPSA) is 75.3 Å². The van der Waals surface area contributed by atoms with Crippen molar-refractivity contribution in [3.05, 3.63) is 84.2 Å². The largest absolute Gasteiger partial charge is 0.321 e. The summed E-state index contributed by atoms with van der Waals surface area (Å²) in [7, 11) is -4.06. The van der Waals surface area contributed by atoms with Crippen molar-refractivity contribution in [1.29, 1.82) is 0 Å². The molecule has 2 N–H and O–H groups in total. The standard InChI is InChI=1S/C21H19FN2O3S2/c1-2-28-20-13-6-5-12-19(20)23-21(25)15-8-7-9-16(14-15)29(26,27)24-18-11-4-3-10-17(18)22/h3-14,24H,2H2,1H3,(H,23,25). The molecule has 3 rings (SSSR count). The van der Waals surface area contributed by atoms with Gasteiger partial charge >= 0.3 is 0 Å². The minimum Gasteiger partial charge on any atom is -0.321 e. The molecule has 3 aromatic rings. The van der Waals surface area contributed by atoms with E-state index in [0.717, 1.165) is 16.7 Å². The molecule has 0 saturated heterocycles. The van der Waals surface area contributed by atoms with Gasteiger partial charge in [-0.25, -0.2) is 12.8 Å². The highest BCUT2D eigenvalue weighted by atomic mass is 32.2. The summed E-state index contributed by atoms with van der Waals surface area (Å²) < 4.78 is 41.2. The van der Waals surface area contributed by atoms with Crippen LogP contribution in [0.2, 0.25) is 0 Å². The average molecular weight is 431 g/mol. The van der Waals surface area contributed by atoms with Gasteiger partial charge in [0.2, 0.25) is 0 Å². The second-order valence-electron chi connectivity index (χ2n) is 6.00. The Kier molecular flexibility index (Phi) is 6.56. The van der Waals surface area contributed by atoms with Gasteiger partial charge in [0.05, 0.1) is 16.3 Å². The van der Waals surface area contributed by atoms with Crippen molar-refractivity contribution in [3.63, 3.8) is 0 Å². The maximum atomic E-state index is 13.8. The monoisotopic (exact) mass is 430 g/mol. The van der Waals surface area contributed by atoms with Crippen LogP contribution in [0.3, 0.4) is 0 Å². The van der Waals surface area contributed by atoms with E-state index >= 15 is 0 Å². The zero-order valence-corrected chi connectivity index (χ0v) is 17.2. The van der Waals surface area contributed by atoms with Gasteiger partial charge in [-0.3, -0.25) is 9.52 Å². The lowest BCUT2D eigenvalue weighted by Crippen LogP contribution is -2.16. The number of benzene rings is 3. The number of carbonyl (C=O) groups is 1. The summed E-state index contributed by atoms with van der Waals surface area (Å²) >= 11 is 1.59. The molecule has 3 aromatic carbocycles. The first-order valence-corrected chi connectivity index (χ1v) is 11.3. The van der Waals surface area contributed by atoms with Crippen molar-refractivity contribution in [1.82, 2.24) is 0 Å². The molecule has 0 unspecified atom stereocenters. The van der Waals surface area contributed by atoms with Gasteiger partial charge in [-0.2, -0.15) is 0 Å². The number of thioether (sulfide) groups is 1. The van der Waals surface area contributed by atoms with E-state index in [9.17, 15) is 17.6 Å². The van der Waals surface area contributed by atoms with E-state index < -0.39 is 21.7 Å². The van der Waals surface area contributed by atoms with Crippen LogP contribution in [0.25, 0.3) is 0 Å². The van der Waals surface area contributed by atoms with Gasteiger partial charge in [0, 0.05) is 10.5 Å². The summed E-state index contributed by atoms with van der Waals surface area (Å²) in [5.41, 5.74) is 0.674. The Morgan fingerprint density at radius 3 is 2.38 bits per heavy atom. The fourth-order valence-electron chi connectivity index (χ4n) is 2.60. The number of rotatable bonds is 7. The number of para-hydroxylation sites is 2. The number of sulfonamides is 1. The van der Waals surface area contributed by atoms with Crippen molar-refractivity contribution in [2.24, 2.45) is 0 Å². The van der Waals surface area contributed by atoms with Crippen LogP contribution in [0.4, 0.5) is 15.8 Å². The summed E-state index contributed by atoms with van der Waals surface area (Å²) in [5, 5.41) is 2.81. The van der Waals surface area contributed by atoms with Gasteiger partial charge in [-0.1, -0.05) is 37.3 Å². The Bertz CT molecular complexity index is 1130. The second-order valence-corrected chi connectivity index (χ2v) is 8.98. The lowest BCUT2D eigenvalue weighted by molar-refractivity contribution is 0.102. The summed E-state index contributed by atoms with van der Waals surface area (Å²) in [6, 6.07) is 18.5. The maximum absolute atomic E-state index is 13.8. The zero-order valence-electron chi connectivity index (χ0n) is 15.6. The third kappa shape index (κ3) is 5.16. The first-order chi connectivity index (χ1) is 13.9. The number of carbonyl (C=O) groups excluding carboxylic acids is 1. The highest BCUT2D eigenvalue weighted by molar-refractivity contribution is 7.99. The minimum absolute atomic E-state index is 0.135. The van der Waals surface area contributed by atoms with Crippen LogP contribution in [-0.4, -0.2) is 20.1 Å². The molecule has 0 heterocycles. The first kappa shape index (κ1) is 20.9. The van der Waals surface area contributed by atoms with Gasteiger partial charge in [0.25, 0.3) is 15.9 Å². The van der Waals surface area contributed by atoms with Crippen LogP contribution in [0.5, 0.6) is 0 Å². The van der Waals surface area contributed by atoms with Gasteiger partial charge in [-0.15, -0.1) is 11.8 Å². The van der Waals surface area contributed by atoms with Gasteiger partial charge in [0.1, 0.15) is 5.82 Å². The van der Waals surface area contributed by atoms with Crippen LogP contribution < -0.4 is 10.0 Å². The molecule has 0 aliphatic heterocycles. The zero-order chi connectivity index (χ0) is 20.9. The third-order valence-electron chi connectivity index (χ3n) is 3.96. The number of anilines is 2. The highest BCUT2D eigenvalue weighted by Gasteiger charge is 2.18. The predicted molar refractivity (Wildman–Crippen MR) is 114 cm³/mol. The van der Waals surface area contributed by atoms with Crippen molar-refractivity contribution < 1.29 is 17.6 Å². The summed E-state index contributed by atoms with van der Waals surface area (Å²) in [6.45, 7) is 2.01. The molecule has 0 atom stereocenters. The van der Waals surface area contributed by atoms with E-state index in [0.29, 0.717) is 5.69 Å². The Balaban J connectivity index is 1.84. The third-order valence-corrected chi connectivity index (χ3v) is 6.28. The van der Waals surface area contributed by atoms with Crippen molar-refractivity contribution >= 4 is 39.1 Å². The molecular formula is C21H19FN2O3S2. The first-order valence-electron chi connectivity index (χ1n) is 8.81. The van der Waals surface area contributed by atoms with E-state index in [4.69, 9.17) is 0 Å². The summed E-state index contributed by atoms with van der Waals surface area (Å²) in [5.74, 6) is -0.269. The molecule has 0 aliphatic rings. The SMILES string of the molecule is CCSc1ccccc1NC(=O)c1cccc(S(=O)(=O)Nc2ccccc2F)c1. The molecule has 5 nitrogen and oxygen atoms in total. The van der Waals surface area contributed by atoms with Crippen molar-refractivity contribution in [2.45, 2.75) is 16.7 Å². The van der Waals surface area contributed by atoms with Gasteiger partial charge in [-0.05, 0) is 48.2 Å². The lowest BCUT2D eigenvalue weighted by Gasteiger charge is -2.12. The average Bonchev–Trinajstić information content (AvgIpc) is 2.71. The Morgan fingerprint density at radius 2 is 1.66 bits per heavy atom. The number of nitrogens with one attached hydrogen (secondary N) is 2. The number of amides is 1. The van der Waals surface area contributed by atoms with Crippen molar-refractivity contribution in [3.8, 4) is 0 Å².